The van der Waals surface area contributed by atoms with Crippen molar-refractivity contribution in [3.05, 3.63) is 70.1 Å². The average Bonchev–Trinajstić information content (AvgIpc) is 3.30. The third-order valence-corrected chi connectivity index (χ3v) is 6.37. The molecular formula is C22H19N3O3S2. The van der Waals surface area contributed by atoms with E-state index in [2.05, 4.69) is 16.4 Å². The van der Waals surface area contributed by atoms with Gasteiger partial charge in [-0.25, -0.2) is 4.98 Å². The van der Waals surface area contributed by atoms with Crippen LogP contribution in [0.2, 0.25) is 0 Å². The normalized spacial score (nSPS) is 13.7. The molecule has 0 spiro atoms. The number of nitrogens with zero attached hydrogens (tertiary/aromatic N) is 2. The van der Waals surface area contributed by atoms with Crippen LogP contribution in [0.4, 0.5) is 9.93 Å². The molecule has 30 heavy (non-hydrogen) atoms. The highest BCUT2D eigenvalue weighted by molar-refractivity contribution is 8.14. The van der Waals surface area contributed by atoms with Gasteiger partial charge in [0, 0.05) is 16.5 Å². The van der Waals surface area contributed by atoms with Crippen LogP contribution in [0.15, 0.2) is 47.8 Å². The van der Waals surface area contributed by atoms with E-state index in [9.17, 15) is 14.4 Å². The number of hydrogen-bond acceptors (Lipinski definition) is 6. The molecule has 1 fully saturated rings. The summed E-state index contributed by atoms with van der Waals surface area (Å²) >= 11 is 2.37. The van der Waals surface area contributed by atoms with Crippen molar-refractivity contribution in [2.75, 3.05) is 11.1 Å². The Balaban J connectivity index is 1.47. The van der Waals surface area contributed by atoms with Gasteiger partial charge in [-0.2, -0.15) is 0 Å². The molecule has 1 aromatic heterocycles. The average molecular weight is 438 g/mol. The number of carbonyl (C=O) groups is 3. The number of rotatable bonds is 5. The Labute approximate surface area is 182 Å². The number of thioether (sulfide) groups is 1. The Morgan fingerprint density at radius 3 is 2.73 bits per heavy atom. The molecule has 0 radical (unpaired) electrons. The second kappa shape index (κ2) is 8.41. The molecule has 1 saturated heterocycles. The summed E-state index contributed by atoms with van der Waals surface area (Å²) < 4.78 is 0. The summed E-state index contributed by atoms with van der Waals surface area (Å²) in [5.41, 5.74) is 5.36. The van der Waals surface area contributed by atoms with Crippen LogP contribution in [0.3, 0.4) is 0 Å². The van der Waals surface area contributed by atoms with Gasteiger partial charge in [0.05, 0.1) is 18.0 Å². The first-order valence-corrected chi connectivity index (χ1v) is 11.2. The molecule has 0 saturated carbocycles. The standard InChI is InChI=1S/C22H19N3O3S2/c1-13-6-7-17(14(2)8-13)18-11-29-21(23-18)24-20(27)16-5-3-4-15(9-16)10-25-19(26)12-30-22(25)28/h3-9,11H,10,12H2,1-2H3,(H,23,24,27). The highest BCUT2D eigenvalue weighted by atomic mass is 32.2. The topological polar surface area (TPSA) is 79.4 Å². The second-order valence-electron chi connectivity index (χ2n) is 7.05. The summed E-state index contributed by atoms with van der Waals surface area (Å²) in [7, 11) is 0. The quantitative estimate of drug-likeness (QED) is 0.616. The molecule has 2 aromatic carbocycles. The van der Waals surface area contributed by atoms with E-state index in [0.717, 1.165) is 34.1 Å². The third kappa shape index (κ3) is 4.29. The number of imide groups is 1. The van der Waals surface area contributed by atoms with Crippen molar-refractivity contribution < 1.29 is 14.4 Å². The largest absolute Gasteiger partial charge is 0.298 e. The van der Waals surface area contributed by atoms with Crippen LogP contribution in [-0.2, 0) is 11.3 Å². The molecule has 0 atom stereocenters. The van der Waals surface area contributed by atoms with Gasteiger partial charge < -0.3 is 0 Å². The SMILES string of the molecule is Cc1ccc(-c2csc(NC(=O)c3cccc(CN4C(=O)CSC4=O)c3)n2)c(C)c1. The van der Waals surface area contributed by atoms with Gasteiger partial charge in [-0.3, -0.25) is 24.6 Å². The molecule has 1 N–H and O–H groups in total. The van der Waals surface area contributed by atoms with Gasteiger partial charge in [0.2, 0.25) is 5.91 Å². The van der Waals surface area contributed by atoms with E-state index in [-0.39, 0.29) is 29.4 Å². The summed E-state index contributed by atoms with van der Waals surface area (Å²) in [5, 5.41) is 5.02. The van der Waals surface area contributed by atoms with Crippen molar-refractivity contribution in [2.24, 2.45) is 0 Å². The lowest BCUT2D eigenvalue weighted by Crippen LogP contribution is -2.28. The van der Waals surface area contributed by atoms with Gasteiger partial charge >= 0.3 is 0 Å². The molecule has 2 heterocycles. The van der Waals surface area contributed by atoms with E-state index < -0.39 is 0 Å². The fourth-order valence-electron chi connectivity index (χ4n) is 3.25. The van der Waals surface area contributed by atoms with E-state index in [1.807, 2.05) is 31.4 Å². The Morgan fingerprint density at radius 1 is 1.17 bits per heavy atom. The Hall–Kier alpha value is -2.97. The van der Waals surface area contributed by atoms with Crippen LogP contribution in [0.1, 0.15) is 27.0 Å². The van der Waals surface area contributed by atoms with Crippen molar-refractivity contribution in [3.8, 4) is 11.3 Å². The Kier molecular flexibility index (Phi) is 5.69. The van der Waals surface area contributed by atoms with E-state index in [0.29, 0.717) is 10.7 Å². The lowest BCUT2D eigenvalue weighted by atomic mass is 10.0. The number of hydrogen-bond donors (Lipinski definition) is 1. The van der Waals surface area contributed by atoms with E-state index >= 15 is 0 Å². The zero-order chi connectivity index (χ0) is 21.3. The molecule has 8 heteroatoms. The van der Waals surface area contributed by atoms with Crippen LogP contribution < -0.4 is 5.32 Å². The van der Waals surface area contributed by atoms with Crippen LogP contribution in [-0.4, -0.2) is 32.7 Å². The van der Waals surface area contributed by atoms with Crippen molar-refractivity contribution in [1.82, 2.24) is 9.88 Å². The van der Waals surface area contributed by atoms with Crippen LogP contribution in [0, 0.1) is 13.8 Å². The zero-order valence-corrected chi connectivity index (χ0v) is 18.1. The van der Waals surface area contributed by atoms with E-state index in [1.54, 1.807) is 24.3 Å². The third-order valence-electron chi connectivity index (χ3n) is 4.75. The fourth-order valence-corrected chi connectivity index (χ4v) is 4.68. The van der Waals surface area contributed by atoms with Crippen molar-refractivity contribution in [2.45, 2.75) is 20.4 Å². The number of anilines is 1. The number of thiazole rings is 1. The molecule has 152 valence electrons. The number of benzene rings is 2. The molecule has 0 bridgehead atoms. The van der Waals surface area contributed by atoms with Crippen LogP contribution >= 0.6 is 23.1 Å². The molecule has 0 unspecified atom stereocenters. The number of amides is 3. The number of aromatic nitrogens is 1. The van der Waals surface area contributed by atoms with E-state index in [1.165, 1.54) is 21.8 Å². The van der Waals surface area contributed by atoms with Crippen molar-refractivity contribution >= 4 is 45.3 Å². The fraction of sp³-hybridized carbons (Fsp3) is 0.182. The highest BCUT2D eigenvalue weighted by Gasteiger charge is 2.29. The maximum Gasteiger partial charge on any atom is 0.289 e. The van der Waals surface area contributed by atoms with E-state index in [4.69, 9.17) is 0 Å². The molecular weight excluding hydrogens is 418 g/mol. The lowest BCUT2D eigenvalue weighted by Gasteiger charge is -2.13. The second-order valence-corrected chi connectivity index (χ2v) is 8.83. The molecule has 3 amide bonds. The first-order chi connectivity index (χ1) is 14.4. The predicted molar refractivity (Wildman–Crippen MR) is 120 cm³/mol. The monoisotopic (exact) mass is 437 g/mol. The minimum absolute atomic E-state index is 0.167. The summed E-state index contributed by atoms with van der Waals surface area (Å²) in [5.74, 6) is -0.320. The molecule has 0 aliphatic carbocycles. The molecule has 1 aliphatic rings. The van der Waals surface area contributed by atoms with Crippen LogP contribution in [0.25, 0.3) is 11.3 Å². The summed E-state index contributed by atoms with van der Waals surface area (Å²) in [6, 6.07) is 13.1. The van der Waals surface area contributed by atoms with Gasteiger partial charge in [0.1, 0.15) is 0 Å². The van der Waals surface area contributed by atoms with Crippen LogP contribution in [0.5, 0.6) is 0 Å². The molecule has 6 nitrogen and oxygen atoms in total. The van der Waals surface area contributed by atoms with Crippen molar-refractivity contribution in [1.29, 1.82) is 0 Å². The van der Waals surface area contributed by atoms with Gasteiger partial charge in [0.15, 0.2) is 5.13 Å². The predicted octanol–water partition coefficient (Wildman–Crippen LogP) is 4.87. The molecule has 4 rings (SSSR count). The van der Waals surface area contributed by atoms with Gasteiger partial charge in [-0.15, -0.1) is 11.3 Å². The molecule has 3 aromatic rings. The maximum atomic E-state index is 12.7. The number of nitrogens with one attached hydrogen (secondary N) is 1. The Morgan fingerprint density at radius 2 is 2.00 bits per heavy atom. The first-order valence-electron chi connectivity index (χ1n) is 9.31. The minimum atomic E-state index is -0.285. The van der Waals surface area contributed by atoms with Gasteiger partial charge in [0.25, 0.3) is 11.1 Å². The molecule has 1 aliphatic heterocycles. The highest BCUT2D eigenvalue weighted by Crippen LogP contribution is 2.28. The minimum Gasteiger partial charge on any atom is -0.298 e. The summed E-state index contributed by atoms with van der Waals surface area (Å²) in [6.45, 7) is 4.26. The Bertz CT molecular complexity index is 1140. The summed E-state index contributed by atoms with van der Waals surface area (Å²) in [6.07, 6.45) is 0. The lowest BCUT2D eigenvalue weighted by molar-refractivity contribution is -0.125. The van der Waals surface area contributed by atoms with Crippen molar-refractivity contribution in [3.63, 3.8) is 0 Å². The smallest absolute Gasteiger partial charge is 0.289 e. The summed E-state index contributed by atoms with van der Waals surface area (Å²) in [4.78, 5) is 42.1. The number of aryl methyl sites for hydroxylation is 2. The van der Waals surface area contributed by atoms with Gasteiger partial charge in [-0.1, -0.05) is 47.7 Å². The zero-order valence-electron chi connectivity index (χ0n) is 16.5. The maximum absolute atomic E-state index is 12.7. The van der Waals surface area contributed by atoms with Gasteiger partial charge in [-0.05, 0) is 37.1 Å². The number of carbonyl (C=O) groups excluding carboxylic acids is 3. The first kappa shape index (κ1) is 20.3.